The van der Waals surface area contributed by atoms with Crippen molar-refractivity contribution in [1.82, 2.24) is 19.5 Å². The van der Waals surface area contributed by atoms with Crippen molar-refractivity contribution in [3.8, 4) is 0 Å². The monoisotopic (exact) mass is 234 g/mol. The summed E-state index contributed by atoms with van der Waals surface area (Å²) in [4.78, 5) is 12.3. The number of rotatable bonds is 1. The van der Waals surface area contributed by atoms with Gasteiger partial charge < -0.3 is 20.8 Å². The third-order valence-electron chi connectivity index (χ3n) is 3.00. The van der Waals surface area contributed by atoms with Crippen molar-refractivity contribution in [2.75, 3.05) is 24.7 Å². The van der Waals surface area contributed by atoms with Gasteiger partial charge in [-0.2, -0.15) is 9.97 Å². The van der Waals surface area contributed by atoms with Crippen LogP contribution >= 0.6 is 0 Å². The molecule has 3 rings (SSSR count). The van der Waals surface area contributed by atoms with Gasteiger partial charge in [0.1, 0.15) is 5.52 Å². The molecule has 0 aromatic carbocycles. The molecule has 90 valence electrons. The lowest BCUT2D eigenvalue weighted by Gasteiger charge is -2.23. The molecular formula is C10H14N6O. The Bertz CT molecular complexity index is 545. The van der Waals surface area contributed by atoms with Crippen LogP contribution in [0.25, 0.3) is 11.2 Å². The average molecular weight is 234 g/mol. The average Bonchev–Trinajstić information content (AvgIpc) is 2.74. The number of hydrogen-bond donors (Lipinski definition) is 2. The summed E-state index contributed by atoms with van der Waals surface area (Å²) in [7, 11) is 0. The Hall–Kier alpha value is -1.89. The van der Waals surface area contributed by atoms with Gasteiger partial charge >= 0.3 is 0 Å². The Balaban J connectivity index is 2.10. The number of ether oxygens (including phenoxy) is 1. The smallest absolute Gasteiger partial charge is 0.224 e. The summed E-state index contributed by atoms with van der Waals surface area (Å²) in [6.07, 6.45) is 3.82. The van der Waals surface area contributed by atoms with E-state index in [-0.39, 0.29) is 12.0 Å². The molecule has 0 aliphatic carbocycles. The zero-order chi connectivity index (χ0) is 11.8. The van der Waals surface area contributed by atoms with Crippen LogP contribution in [-0.2, 0) is 4.74 Å². The number of imidazole rings is 1. The van der Waals surface area contributed by atoms with Crippen LogP contribution in [0.2, 0.25) is 0 Å². The van der Waals surface area contributed by atoms with E-state index < -0.39 is 0 Å². The normalized spacial score (nSPS) is 20.8. The van der Waals surface area contributed by atoms with Gasteiger partial charge in [0.25, 0.3) is 0 Å². The third kappa shape index (κ3) is 1.68. The minimum atomic E-state index is 0.175. The van der Waals surface area contributed by atoms with Gasteiger partial charge in [0.05, 0.1) is 19.0 Å². The highest BCUT2D eigenvalue weighted by molar-refractivity contribution is 5.82. The van der Waals surface area contributed by atoms with Crippen molar-refractivity contribution in [2.24, 2.45) is 0 Å². The first kappa shape index (κ1) is 10.3. The van der Waals surface area contributed by atoms with Crippen LogP contribution in [0, 0.1) is 0 Å². The molecule has 2 aromatic rings. The van der Waals surface area contributed by atoms with Gasteiger partial charge in [0, 0.05) is 6.61 Å². The van der Waals surface area contributed by atoms with Gasteiger partial charge in [0.15, 0.2) is 11.5 Å². The lowest BCUT2D eigenvalue weighted by atomic mass is 10.1. The van der Waals surface area contributed by atoms with E-state index in [1.807, 2.05) is 4.57 Å². The van der Waals surface area contributed by atoms with Crippen molar-refractivity contribution in [1.29, 1.82) is 0 Å². The summed E-state index contributed by atoms with van der Waals surface area (Å²) in [5, 5.41) is 0. The fourth-order valence-electron chi connectivity index (χ4n) is 2.17. The van der Waals surface area contributed by atoms with Crippen LogP contribution in [0.1, 0.15) is 18.9 Å². The summed E-state index contributed by atoms with van der Waals surface area (Å²) < 4.78 is 7.44. The van der Waals surface area contributed by atoms with E-state index in [0.717, 1.165) is 19.4 Å². The van der Waals surface area contributed by atoms with Crippen LogP contribution in [-0.4, -0.2) is 32.7 Å². The fraction of sp³-hybridized carbons (Fsp3) is 0.500. The molecular weight excluding hydrogens is 220 g/mol. The van der Waals surface area contributed by atoms with Crippen LogP contribution in [0.4, 0.5) is 11.8 Å². The zero-order valence-electron chi connectivity index (χ0n) is 9.33. The van der Waals surface area contributed by atoms with E-state index in [4.69, 9.17) is 16.2 Å². The molecule has 1 atom stereocenters. The minimum absolute atomic E-state index is 0.175. The van der Waals surface area contributed by atoms with Crippen LogP contribution in [0.5, 0.6) is 0 Å². The third-order valence-corrected chi connectivity index (χ3v) is 3.00. The first-order valence-corrected chi connectivity index (χ1v) is 5.59. The summed E-state index contributed by atoms with van der Waals surface area (Å²) >= 11 is 0. The maximum atomic E-state index is 5.76. The van der Waals surface area contributed by atoms with E-state index in [2.05, 4.69) is 15.0 Å². The van der Waals surface area contributed by atoms with Crippen molar-refractivity contribution < 1.29 is 4.74 Å². The predicted octanol–water partition coefficient (Wildman–Crippen LogP) is 0.342. The van der Waals surface area contributed by atoms with Crippen LogP contribution in [0.3, 0.4) is 0 Å². The van der Waals surface area contributed by atoms with Gasteiger partial charge in [-0.15, -0.1) is 0 Å². The first-order chi connectivity index (χ1) is 8.25. The van der Waals surface area contributed by atoms with Gasteiger partial charge in [-0.25, -0.2) is 4.98 Å². The van der Waals surface area contributed by atoms with Gasteiger partial charge in [-0.1, -0.05) is 0 Å². The van der Waals surface area contributed by atoms with E-state index in [1.165, 1.54) is 0 Å². The number of hydrogen-bond acceptors (Lipinski definition) is 6. The fourth-order valence-corrected chi connectivity index (χ4v) is 2.17. The minimum Gasteiger partial charge on any atom is -0.382 e. The highest BCUT2D eigenvalue weighted by Gasteiger charge is 2.19. The summed E-state index contributed by atoms with van der Waals surface area (Å²) in [5.74, 6) is 0.497. The number of nitrogens with two attached hydrogens (primary N) is 2. The highest BCUT2D eigenvalue weighted by Crippen LogP contribution is 2.25. The number of aromatic nitrogens is 4. The summed E-state index contributed by atoms with van der Waals surface area (Å²) in [5.41, 5.74) is 12.7. The van der Waals surface area contributed by atoms with E-state index in [9.17, 15) is 0 Å². The van der Waals surface area contributed by atoms with Crippen LogP contribution < -0.4 is 11.5 Å². The van der Waals surface area contributed by atoms with Crippen molar-refractivity contribution in [3.63, 3.8) is 0 Å². The van der Waals surface area contributed by atoms with Crippen LogP contribution in [0.15, 0.2) is 6.33 Å². The van der Waals surface area contributed by atoms with Gasteiger partial charge in [-0.05, 0) is 12.8 Å². The highest BCUT2D eigenvalue weighted by atomic mass is 16.5. The standard InChI is InChI=1S/C10H14N6O/c11-8-7-9(15-10(12)14-8)16(5-13-7)6-2-1-3-17-4-6/h5-6H,1-4H2,(H4,11,12,14,15). The Kier molecular flexibility index (Phi) is 2.32. The molecule has 0 radical (unpaired) electrons. The SMILES string of the molecule is Nc1nc(N)c2ncn(C3CCCOC3)c2n1. The van der Waals surface area contributed by atoms with Crippen molar-refractivity contribution >= 4 is 22.9 Å². The zero-order valence-corrected chi connectivity index (χ0v) is 9.33. The summed E-state index contributed by atoms with van der Waals surface area (Å²) in [6.45, 7) is 1.50. The van der Waals surface area contributed by atoms with Crippen molar-refractivity contribution in [3.05, 3.63) is 6.33 Å². The second-order valence-electron chi connectivity index (χ2n) is 4.16. The molecule has 1 saturated heterocycles. The Morgan fingerprint density at radius 2 is 2.24 bits per heavy atom. The quantitative estimate of drug-likeness (QED) is 0.737. The number of nitrogens with zero attached hydrogens (tertiary/aromatic N) is 4. The number of nitrogen functional groups attached to an aromatic ring is 2. The molecule has 0 bridgehead atoms. The van der Waals surface area contributed by atoms with E-state index >= 15 is 0 Å². The molecule has 0 spiro atoms. The molecule has 0 amide bonds. The lowest BCUT2D eigenvalue weighted by molar-refractivity contribution is 0.0603. The molecule has 7 nitrogen and oxygen atoms in total. The number of anilines is 2. The number of fused-ring (bicyclic) bond motifs is 1. The first-order valence-electron chi connectivity index (χ1n) is 5.59. The molecule has 1 aliphatic heterocycles. The molecule has 17 heavy (non-hydrogen) atoms. The molecule has 3 heterocycles. The Morgan fingerprint density at radius 1 is 1.35 bits per heavy atom. The molecule has 0 saturated carbocycles. The lowest BCUT2D eigenvalue weighted by Crippen LogP contribution is -2.21. The molecule has 1 fully saturated rings. The van der Waals surface area contributed by atoms with Gasteiger partial charge in [0.2, 0.25) is 5.95 Å². The van der Waals surface area contributed by atoms with E-state index in [0.29, 0.717) is 23.6 Å². The second-order valence-corrected chi connectivity index (χ2v) is 4.16. The molecule has 4 N–H and O–H groups in total. The largest absolute Gasteiger partial charge is 0.382 e. The molecule has 7 heteroatoms. The maximum absolute atomic E-state index is 5.76. The Morgan fingerprint density at radius 3 is 3.00 bits per heavy atom. The van der Waals surface area contributed by atoms with E-state index in [1.54, 1.807) is 6.33 Å². The topological polar surface area (TPSA) is 105 Å². The van der Waals surface area contributed by atoms with Gasteiger partial charge in [-0.3, -0.25) is 0 Å². The second kappa shape index (κ2) is 3.85. The molecule has 1 unspecified atom stereocenters. The molecule has 2 aromatic heterocycles. The molecule has 1 aliphatic rings. The summed E-state index contributed by atoms with van der Waals surface area (Å²) in [6, 6.07) is 0.252. The maximum Gasteiger partial charge on any atom is 0.224 e. The Labute approximate surface area is 97.8 Å². The predicted molar refractivity (Wildman–Crippen MR) is 63.2 cm³/mol. The van der Waals surface area contributed by atoms with Crippen molar-refractivity contribution in [2.45, 2.75) is 18.9 Å².